The number of hydrogen-bond acceptors (Lipinski definition) is 3. The fourth-order valence-electron chi connectivity index (χ4n) is 14.1. The molecule has 93 heavy (non-hydrogen) atoms. The molecule has 3 aromatic heterocycles. The highest BCUT2D eigenvalue weighted by molar-refractivity contribution is 7.02. The predicted octanol–water partition coefficient (Wildman–Crippen LogP) is 20.6. The summed E-state index contributed by atoms with van der Waals surface area (Å²) in [5, 5.41) is 5.10. The molecule has 0 unspecified atom stereocenters. The van der Waals surface area contributed by atoms with Gasteiger partial charge in [0.05, 0.1) is 39.1 Å². The summed E-state index contributed by atoms with van der Waals surface area (Å²) >= 11 is 0. The van der Waals surface area contributed by atoms with Crippen molar-refractivity contribution in [2.45, 2.75) is 13.1 Å². The number of aromatic nitrogens is 4. The molecule has 0 amide bonds. The van der Waals surface area contributed by atoms with Gasteiger partial charge in [0.2, 0.25) is 0 Å². The third-order valence-electron chi connectivity index (χ3n) is 18.5. The molecule has 440 valence electrons. The molecule has 4 heterocycles. The van der Waals surface area contributed by atoms with E-state index in [1.807, 2.05) is 12.3 Å². The van der Waals surface area contributed by atoms with Crippen molar-refractivity contribution in [2.75, 3.05) is 4.90 Å². The van der Waals surface area contributed by atoms with E-state index in [1.165, 1.54) is 21.7 Å². The van der Waals surface area contributed by atoms with Crippen LogP contribution in [0.1, 0.15) is 0 Å². The average Bonchev–Trinajstić information content (AvgIpc) is 1.58. The summed E-state index contributed by atoms with van der Waals surface area (Å²) in [5.74, 6) is 2.23. The molecule has 0 radical (unpaired) electrons. The second-order valence-electron chi connectivity index (χ2n) is 24.5. The van der Waals surface area contributed by atoms with Crippen LogP contribution in [0.5, 0.6) is 11.5 Å². The monoisotopic (exact) mass is 1210 g/mol. The van der Waals surface area contributed by atoms with E-state index in [0.717, 1.165) is 122 Å². The van der Waals surface area contributed by atoms with E-state index >= 15 is 0 Å². The van der Waals surface area contributed by atoms with Crippen molar-refractivity contribution in [3.8, 4) is 95.5 Å². The average molecular weight is 1210 g/mol. The van der Waals surface area contributed by atoms with Crippen LogP contribution >= 0.6 is 0 Å². The quantitative estimate of drug-likeness (QED) is 0.0695. The molecule has 7 heteroatoms. The summed E-state index contributed by atoms with van der Waals surface area (Å²) < 4.78 is 13.8. The number of pyridine rings is 1. The number of imidazole rings is 1. The summed E-state index contributed by atoms with van der Waals surface area (Å²) in [4.78, 5) is 7.56. The standard InChI is InChI=1S/C86H61N5OSi/c1-93(2)83-43-21-19-41-80(83)90(81-42-20-22-44-84(81)93)70-47-48-87-85(56-70)91-77-38-16-15-35-75(77)76-46-45-72(57-82(76)91)92-71-34-23-33-69(55-71)88-58-89(79-40-18-17-39-78(79)88)86-73(67-51-63(59-25-7-3-8-26-59)49-64(52-67)60-27-9-4-10-28-60)36-24-37-74(86)68-53-65(61-29-11-5-12-30-61)50-66(54-68)62-31-13-6-14-32-62/h3-57H,1-2H3. The maximum Gasteiger partial charge on any atom is 0.269 e. The van der Waals surface area contributed by atoms with Gasteiger partial charge >= 0.3 is 0 Å². The topological polar surface area (TPSA) is 39.1 Å². The Hall–Kier alpha value is -11.9. The first-order chi connectivity index (χ1) is 45.9. The third kappa shape index (κ3) is 9.82. The van der Waals surface area contributed by atoms with Crippen LogP contribution in [0.15, 0.2) is 334 Å². The van der Waals surface area contributed by atoms with Crippen molar-refractivity contribution in [3.63, 3.8) is 0 Å². The van der Waals surface area contributed by atoms with Gasteiger partial charge in [0, 0.05) is 40.5 Å². The fourth-order valence-corrected chi connectivity index (χ4v) is 17.1. The molecule has 1 aliphatic heterocycles. The van der Waals surface area contributed by atoms with Gasteiger partial charge in [-0.25, -0.2) is 4.98 Å². The predicted molar refractivity (Wildman–Crippen MR) is 386 cm³/mol. The van der Waals surface area contributed by atoms with Gasteiger partial charge in [0.15, 0.2) is 0 Å². The number of hydrogen-bond donors (Lipinski definition) is 0. The van der Waals surface area contributed by atoms with Crippen LogP contribution < -0.4 is 24.6 Å². The van der Waals surface area contributed by atoms with E-state index in [0.29, 0.717) is 11.5 Å². The Bertz CT molecular complexity index is 5210. The van der Waals surface area contributed by atoms with E-state index in [9.17, 15) is 0 Å². The number of fused-ring (bicyclic) bond motifs is 6. The minimum atomic E-state index is -1.98. The van der Waals surface area contributed by atoms with Gasteiger partial charge in [-0.15, -0.1) is 0 Å². The van der Waals surface area contributed by atoms with E-state index in [-0.39, 0.29) is 0 Å². The Labute approximate surface area is 542 Å². The van der Waals surface area contributed by atoms with E-state index in [2.05, 4.69) is 360 Å². The van der Waals surface area contributed by atoms with Crippen molar-refractivity contribution in [1.29, 1.82) is 0 Å². The minimum absolute atomic E-state index is 0.694. The van der Waals surface area contributed by atoms with Crippen LogP contribution in [-0.2, 0) is 0 Å². The van der Waals surface area contributed by atoms with E-state index in [1.54, 1.807) is 0 Å². The maximum atomic E-state index is 7.03. The van der Waals surface area contributed by atoms with Crippen LogP contribution in [0.4, 0.5) is 17.1 Å². The normalized spacial score (nSPS) is 12.5. The molecule has 0 N–H and O–H groups in total. The molecule has 0 fully saturated rings. The van der Waals surface area contributed by atoms with Crippen molar-refractivity contribution in [1.82, 2.24) is 14.1 Å². The lowest BCUT2D eigenvalue weighted by molar-refractivity contribution is -0.571. The first-order valence-corrected chi connectivity index (χ1v) is 34.7. The van der Waals surface area contributed by atoms with Crippen LogP contribution in [0.3, 0.4) is 0 Å². The molecule has 13 aromatic carbocycles. The first kappa shape index (κ1) is 55.2. The van der Waals surface area contributed by atoms with Gasteiger partial charge in [0.1, 0.15) is 25.4 Å². The van der Waals surface area contributed by atoms with Crippen molar-refractivity contribution in [2.24, 2.45) is 0 Å². The zero-order chi connectivity index (χ0) is 62.0. The Kier molecular flexibility index (Phi) is 13.6. The van der Waals surface area contributed by atoms with Crippen LogP contribution in [0, 0.1) is 6.33 Å². The summed E-state index contributed by atoms with van der Waals surface area (Å²) in [7, 11) is -1.98. The van der Waals surface area contributed by atoms with Crippen molar-refractivity contribution < 1.29 is 9.30 Å². The Morgan fingerprint density at radius 2 is 0.828 bits per heavy atom. The summed E-state index contributed by atoms with van der Waals surface area (Å²) in [6.45, 7) is 4.92. The Balaban J connectivity index is 0.806. The second kappa shape index (κ2) is 22.8. The zero-order valence-corrected chi connectivity index (χ0v) is 52.4. The van der Waals surface area contributed by atoms with Crippen molar-refractivity contribution in [3.05, 3.63) is 340 Å². The van der Waals surface area contributed by atoms with Gasteiger partial charge in [-0.1, -0.05) is 238 Å². The maximum absolute atomic E-state index is 7.03. The van der Waals surface area contributed by atoms with Gasteiger partial charge in [-0.2, -0.15) is 0 Å². The van der Waals surface area contributed by atoms with Gasteiger partial charge in [-0.05, 0) is 168 Å². The molecule has 17 rings (SSSR count). The minimum Gasteiger partial charge on any atom is -0.458 e. The van der Waals surface area contributed by atoms with E-state index < -0.39 is 8.07 Å². The number of para-hydroxylation sites is 6. The largest absolute Gasteiger partial charge is 0.458 e. The van der Waals surface area contributed by atoms with Crippen molar-refractivity contribution >= 4 is 68.3 Å². The molecule has 0 saturated carbocycles. The lowest BCUT2D eigenvalue weighted by Gasteiger charge is -2.41. The number of benzene rings is 13. The molecular formula is C86H61N5OSi. The molecule has 6 nitrogen and oxygen atoms in total. The molecule has 1 aliphatic rings. The van der Waals surface area contributed by atoms with Gasteiger partial charge < -0.3 is 9.64 Å². The number of nitrogens with zero attached hydrogens (tertiary/aromatic N) is 5. The summed E-state index contributed by atoms with van der Waals surface area (Å²) in [6.07, 6.45) is 5.94. The Morgan fingerprint density at radius 1 is 0.355 bits per heavy atom. The molecule has 0 spiro atoms. The number of ether oxygens (including phenoxy) is 1. The zero-order valence-electron chi connectivity index (χ0n) is 51.4. The molecule has 0 saturated heterocycles. The van der Waals surface area contributed by atoms with Crippen LogP contribution in [0.2, 0.25) is 13.1 Å². The highest BCUT2D eigenvalue weighted by Gasteiger charge is 2.38. The smallest absolute Gasteiger partial charge is 0.269 e. The second-order valence-corrected chi connectivity index (χ2v) is 28.8. The molecule has 0 aliphatic carbocycles. The molecule has 0 bridgehead atoms. The van der Waals surface area contributed by atoms with Crippen LogP contribution in [0.25, 0.3) is 117 Å². The third-order valence-corrected chi connectivity index (χ3v) is 22.1. The Morgan fingerprint density at radius 3 is 1.41 bits per heavy atom. The number of anilines is 3. The SMILES string of the molecule is C[Si]1(C)c2ccccc2N(c2ccnc(-n3c4ccccc4c4ccc(Oc5cccc(-n6[c-][n+](-c7c(-c8cc(-c9ccccc9)cc(-c9ccccc9)c8)cccc7-c7cc(-c8ccccc8)cc(-c8ccccc8)c7)c7ccccc76)c5)cc43)c2)c2ccccc21. The van der Waals surface area contributed by atoms with Crippen LogP contribution in [-0.4, -0.2) is 22.2 Å². The lowest BCUT2D eigenvalue weighted by Crippen LogP contribution is -2.58. The first-order valence-electron chi connectivity index (χ1n) is 31.7. The van der Waals surface area contributed by atoms with Gasteiger partial charge in [-0.3, -0.25) is 13.7 Å². The molecular weight excluding hydrogens is 1150 g/mol. The lowest BCUT2D eigenvalue weighted by atomic mass is 9.89. The summed E-state index contributed by atoms with van der Waals surface area (Å²) in [5.41, 5.74) is 22.9. The number of rotatable bonds is 12. The highest BCUT2D eigenvalue weighted by atomic mass is 28.3. The fraction of sp³-hybridized carbons (Fsp3) is 0.0233. The highest BCUT2D eigenvalue weighted by Crippen LogP contribution is 2.44. The summed E-state index contributed by atoms with van der Waals surface area (Å²) in [6, 6.07) is 118. The van der Waals surface area contributed by atoms with Gasteiger partial charge in [0.25, 0.3) is 6.33 Å². The van der Waals surface area contributed by atoms with E-state index in [4.69, 9.17) is 9.72 Å². The molecule has 0 atom stereocenters. The molecule has 16 aromatic rings.